The van der Waals surface area contributed by atoms with Crippen LogP contribution in [-0.2, 0) is 19.6 Å². The molecule has 0 aliphatic rings. The summed E-state index contributed by atoms with van der Waals surface area (Å²) in [6.45, 7) is 6.24. The molecule has 1 amide bonds. The molecule has 2 N–H and O–H groups in total. The summed E-state index contributed by atoms with van der Waals surface area (Å²) in [6.07, 6.45) is 1.32. The number of rotatable bonds is 11. The number of benzene rings is 1. The summed E-state index contributed by atoms with van der Waals surface area (Å²) in [4.78, 5) is 22.6. The van der Waals surface area contributed by atoms with Gasteiger partial charge in [0.25, 0.3) is 0 Å². The molecule has 0 aromatic heterocycles. The van der Waals surface area contributed by atoms with E-state index in [4.69, 9.17) is 5.11 Å². The van der Waals surface area contributed by atoms with Gasteiger partial charge < -0.3 is 10.4 Å². The van der Waals surface area contributed by atoms with Crippen molar-refractivity contribution in [1.29, 1.82) is 0 Å². The number of carbonyl (C=O) groups excluding carboxylic acids is 1. The van der Waals surface area contributed by atoms with Gasteiger partial charge in [-0.2, -0.15) is 4.31 Å². The van der Waals surface area contributed by atoms with Crippen molar-refractivity contribution in [2.24, 2.45) is 0 Å². The third kappa shape index (κ3) is 6.42. The number of carboxylic acid groups (broad SMARTS) is 1. The van der Waals surface area contributed by atoms with Crippen molar-refractivity contribution in [2.75, 3.05) is 13.1 Å². The molecule has 0 radical (unpaired) electrons. The minimum Gasteiger partial charge on any atom is -0.481 e. The maximum atomic E-state index is 12.5. The van der Waals surface area contributed by atoms with E-state index >= 15 is 0 Å². The molecule has 8 heteroatoms. The molecule has 0 aliphatic heterocycles. The molecule has 1 unspecified atom stereocenters. The summed E-state index contributed by atoms with van der Waals surface area (Å²) in [5.74, 6) is -1.01. The molecule has 0 saturated carbocycles. The summed E-state index contributed by atoms with van der Waals surface area (Å²) in [5.41, 5.74) is 0.808. The molecule has 1 aromatic rings. The number of amides is 1. The van der Waals surface area contributed by atoms with Crippen LogP contribution >= 0.6 is 0 Å². The molecule has 0 heterocycles. The second-order valence-corrected chi connectivity index (χ2v) is 7.99. The van der Waals surface area contributed by atoms with E-state index in [0.29, 0.717) is 25.9 Å². The molecule has 0 saturated heterocycles. The zero-order valence-corrected chi connectivity index (χ0v) is 16.4. The second kappa shape index (κ2) is 10.3. The number of carbonyl (C=O) groups is 2. The standard InChI is InChI=1S/C18H28N2O5S/c1-4-20(5-2)26(24,25)16-12-10-15(11-13-16)14(3)19-17(21)8-6-7-9-18(22)23/h10-14H,4-9H2,1-3H3,(H,19,21)(H,22,23). The van der Waals surface area contributed by atoms with Crippen molar-refractivity contribution in [3.05, 3.63) is 29.8 Å². The highest BCUT2D eigenvalue weighted by molar-refractivity contribution is 7.89. The Labute approximate surface area is 155 Å². The number of sulfonamides is 1. The fourth-order valence-electron chi connectivity index (χ4n) is 2.60. The monoisotopic (exact) mass is 384 g/mol. The smallest absolute Gasteiger partial charge is 0.303 e. The highest BCUT2D eigenvalue weighted by Gasteiger charge is 2.21. The summed E-state index contributed by atoms with van der Waals surface area (Å²) in [7, 11) is -3.49. The van der Waals surface area contributed by atoms with Crippen LogP contribution in [0.4, 0.5) is 0 Å². The van der Waals surface area contributed by atoms with Crippen LogP contribution in [0.15, 0.2) is 29.2 Å². The summed E-state index contributed by atoms with van der Waals surface area (Å²) >= 11 is 0. The third-order valence-corrected chi connectivity index (χ3v) is 6.21. The highest BCUT2D eigenvalue weighted by Crippen LogP contribution is 2.19. The third-order valence-electron chi connectivity index (χ3n) is 4.15. The molecule has 0 fully saturated rings. The van der Waals surface area contributed by atoms with Crippen LogP contribution in [0.1, 0.15) is 58.1 Å². The van der Waals surface area contributed by atoms with Crippen LogP contribution in [0.25, 0.3) is 0 Å². The van der Waals surface area contributed by atoms with Crippen molar-refractivity contribution >= 4 is 21.9 Å². The molecule has 0 bridgehead atoms. The van der Waals surface area contributed by atoms with Crippen molar-refractivity contribution in [1.82, 2.24) is 9.62 Å². The Hall–Kier alpha value is -1.93. The fraction of sp³-hybridized carbons (Fsp3) is 0.556. The first kappa shape index (κ1) is 22.1. The lowest BCUT2D eigenvalue weighted by molar-refractivity contribution is -0.137. The van der Waals surface area contributed by atoms with E-state index in [0.717, 1.165) is 5.56 Å². The van der Waals surface area contributed by atoms with E-state index < -0.39 is 16.0 Å². The van der Waals surface area contributed by atoms with Crippen LogP contribution < -0.4 is 5.32 Å². The lowest BCUT2D eigenvalue weighted by Crippen LogP contribution is -2.30. The number of nitrogens with one attached hydrogen (secondary N) is 1. The van der Waals surface area contributed by atoms with Gasteiger partial charge in [0, 0.05) is 25.9 Å². The fourth-order valence-corrected chi connectivity index (χ4v) is 4.06. The normalized spacial score (nSPS) is 12.8. The highest BCUT2D eigenvalue weighted by atomic mass is 32.2. The number of hydrogen-bond acceptors (Lipinski definition) is 4. The minimum absolute atomic E-state index is 0.0608. The first-order chi connectivity index (χ1) is 12.2. The Kier molecular flexibility index (Phi) is 8.74. The van der Waals surface area contributed by atoms with Gasteiger partial charge in [0.15, 0.2) is 0 Å². The van der Waals surface area contributed by atoms with Gasteiger partial charge in [0.1, 0.15) is 0 Å². The average Bonchev–Trinajstić information content (AvgIpc) is 2.59. The maximum Gasteiger partial charge on any atom is 0.303 e. The van der Waals surface area contributed by atoms with Gasteiger partial charge >= 0.3 is 5.97 Å². The van der Waals surface area contributed by atoms with Crippen molar-refractivity contribution in [3.8, 4) is 0 Å². The van der Waals surface area contributed by atoms with Crippen LogP contribution in [0.3, 0.4) is 0 Å². The second-order valence-electron chi connectivity index (χ2n) is 6.05. The Morgan fingerprint density at radius 2 is 1.62 bits per heavy atom. The van der Waals surface area contributed by atoms with Crippen LogP contribution in [0.5, 0.6) is 0 Å². The van der Waals surface area contributed by atoms with Crippen molar-refractivity contribution < 1.29 is 23.1 Å². The summed E-state index contributed by atoms with van der Waals surface area (Å²) in [6, 6.07) is 6.25. The molecule has 0 spiro atoms. The van der Waals surface area contributed by atoms with Crippen molar-refractivity contribution in [3.63, 3.8) is 0 Å². The van der Waals surface area contributed by atoms with Gasteiger partial charge in [-0.3, -0.25) is 9.59 Å². The lowest BCUT2D eigenvalue weighted by Gasteiger charge is -2.19. The number of unbranched alkanes of at least 4 members (excludes halogenated alkanes) is 1. The Bertz CT molecular complexity index is 697. The van der Waals surface area contributed by atoms with E-state index in [1.807, 2.05) is 6.92 Å². The van der Waals surface area contributed by atoms with E-state index in [-0.39, 0.29) is 29.7 Å². The SMILES string of the molecule is CCN(CC)S(=O)(=O)c1ccc(C(C)NC(=O)CCCCC(=O)O)cc1. The van der Waals surface area contributed by atoms with Gasteiger partial charge in [-0.1, -0.05) is 26.0 Å². The Morgan fingerprint density at radius 3 is 2.12 bits per heavy atom. The number of carboxylic acids is 1. The molecular weight excluding hydrogens is 356 g/mol. The maximum absolute atomic E-state index is 12.5. The quantitative estimate of drug-likeness (QED) is 0.571. The molecule has 146 valence electrons. The molecule has 1 aromatic carbocycles. The van der Waals surface area contributed by atoms with Crippen LogP contribution in [0.2, 0.25) is 0 Å². The predicted molar refractivity (Wildman–Crippen MR) is 99.2 cm³/mol. The summed E-state index contributed by atoms with van der Waals surface area (Å²) < 4.78 is 26.3. The van der Waals surface area contributed by atoms with Gasteiger partial charge in [0.05, 0.1) is 10.9 Å². The molecule has 1 atom stereocenters. The van der Waals surface area contributed by atoms with Crippen LogP contribution in [0, 0.1) is 0 Å². The number of aliphatic carboxylic acids is 1. The minimum atomic E-state index is -3.49. The molecular formula is C18H28N2O5S. The van der Waals surface area contributed by atoms with Gasteiger partial charge in [-0.15, -0.1) is 0 Å². The van der Waals surface area contributed by atoms with Gasteiger partial charge in [-0.25, -0.2) is 8.42 Å². The average molecular weight is 384 g/mol. The molecule has 1 rings (SSSR count). The molecule has 7 nitrogen and oxygen atoms in total. The molecule has 26 heavy (non-hydrogen) atoms. The van der Waals surface area contributed by atoms with E-state index in [9.17, 15) is 18.0 Å². The Balaban J connectivity index is 2.65. The zero-order chi connectivity index (χ0) is 19.7. The first-order valence-electron chi connectivity index (χ1n) is 8.83. The number of hydrogen-bond donors (Lipinski definition) is 2. The molecule has 0 aliphatic carbocycles. The zero-order valence-electron chi connectivity index (χ0n) is 15.6. The van der Waals surface area contributed by atoms with E-state index in [1.165, 1.54) is 4.31 Å². The summed E-state index contributed by atoms with van der Waals surface area (Å²) in [5, 5.41) is 11.4. The number of nitrogens with zero attached hydrogens (tertiary/aromatic N) is 1. The van der Waals surface area contributed by atoms with Gasteiger partial charge in [0.2, 0.25) is 15.9 Å². The Morgan fingerprint density at radius 1 is 1.08 bits per heavy atom. The van der Waals surface area contributed by atoms with Gasteiger partial charge in [-0.05, 0) is 37.5 Å². The van der Waals surface area contributed by atoms with Crippen LogP contribution in [-0.4, -0.2) is 42.8 Å². The lowest BCUT2D eigenvalue weighted by atomic mass is 10.1. The van der Waals surface area contributed by atoms with E-state index in [1.54, 1.807) is 38.1 Å². The largest absolute Gasteiger partial charge is 0.481 e. The van der Waals surface area contributed by atoms with E-state index in [2.05, 4.69) is 5.32 Å². The van der Waals surface area contributed by atoms with Crippen molar-refractivity contribution in [2.45, 2.75) is 57.4 Å². The topological polar surface area (TPSA) is 104 Å². The predicted octanol–water partition coefficient (Wildman–Crippen LogP) is 2.54. The first-order valence-corrected chi connectivity index (χ1v) is 10.3.